The van der Waals surface area contributed by atoms with Gasteiger partial charge in [0.2, 0.25) is 17.6 Å². The van der Waals surface area contributed by atoms with E-state index in [9.17, 15) is 4.79 Å². The number of carbonyl (C=O) groups excluding carboxylic acids is 1. The molecular formula is C18H17ClN4O3. The number of halogens is 1. The van der Waals surface area contributed by atoms with Gasteiger partial charge in [-0.1, -0.05) is 34.0 Å². The third-order valence-corrected chi connectivity index (χ3v) is 4.85. The average Bonchev–Trinajstić information content (AvgIpc) is 3.16. The van der Waals surface area contributed by atoms with Crippen LogP contribution in [0.2, 0.25) is 5.02 Å². The van der Waals surface area contributed by atoms with Crippen molar-refractivity contribution in [2.24, 2.45) is 0 Å². The fourth-order valence-corrected chi connectivity index (χ4v) is 3.19. The first-order valence-electron chi connectivity index (χ1n) is 8.30. The van der Waals surface area contributed by atoms with Gasteiger partial charge in [-0.15, -0.1) is 0 Å². The van der Waals surface area contributed by atoms with E-state index in [2.05, 4.69) is 15.3 Å². The van der Waals surface area contributed by atoms with E-state index in [1.807, 2.05) is 26.0 Å². The van der Waals surface area contributed by atoms with E-state index in [0.717, 1.165) is 16.8 Å². The van der Waals surface area contributed by atoms with Crippen LogP contribution in [0, 0.1) is 13.8 Å². The standard InChI is InChI=1S/C18H17ClN4O3/c1-10-15(11(2)25-21-10)7-16(24)23-8-13(9-23)18-20-17(22-26-18)12-4-3-5-14(19)6-12/h3-6,13H,7-9H2,1-2H3. The summed E-state index contributed by atoms with van der Waals surface area (Å²) in [7, 11) is 0. The Morgan fingerprint density at radius 3 is 2.77 bits per heavy atom. The minimum atomic E-state index is 0.0465. The molecule has 1 fully saturated rings. The maximum atomic E-state index is 12.4. The van der Waals surface area contributed by atoms with E-state index in [1.54, 1.807) is 17.0 Å². The van der Waals surface area contributed by atoms with E-state index in [-0.39, 0.29) is 11.8 Å². The summed E-state index contributed by atoms with van der Waals surface area (Å²) in [6.45, 7) is 4.80. The molecule has 1 aliphatic heterocycles. The largest absolute Gasteiger partial charge is 0.361 e. The Kier molecular flexibility index (Phi) is 4.24. The summed E-state index contributed by atoms with van der Waals surface area (Å²) >= 11 is 6.00. The molecule has 0 saturated carbocycles. The number of rotatable bonds is 4. The van der Waals surface area contributed by atoms with Crippen LogP contribution in [-0.4, -0.2) is 39.2 Å². The molecule has 0 aliphatic carbocycles. The second-order valence-corrected chi connectivity index (χ2v) is 6.88. The van der Waals surface area contributed by atoms with Gasteiger partial charge in [-0.3, -0.25) is 4.79 Å². The smallest absolute Gasteiger partial charge is 0.233 e. The summed E-state index contributed by atoms with van der Waals surface area (Å²) in [5.74, 6) is 1.84. The van der Waals surface area contributed by atoms with Crippen LogP contribution in [0.1, 0.15) is 28.8 Å². The van der Waals surface area contributed by atoms with Gasteiger partial charge in [0.05, 0.1) is 18.0 Å². The SMILES string of the molecule is Cc1noc(C)c1CC(=O)N1CC(c2nc(-c3cccc(Cl)c3)no2)C1. The zero-order valence-corrected chi connectivity index (χ0v) is 15.2. The lowest BCUT2D eigenvalue weighted by molar-refractivity contribution is -0.135. The molecule has 7 nitrogen and oxygen atoms in total. The van der Waals surface area contributed by atoms with Crippen LogP contribution < -0.4 is 0 Å². The molecule has 0 N–H and O–H groups in total. The molecular weight excluding hydrogens is 356 g/mol. The normalized spacial score (nSPS) is 14.5. The second kappa shape index (κ2) is 6.57. The van der Waals surface area contributed by atoms with E-state index in [0.29, 0.717) is 42.0 Å². The molecule has 0 unspecified atom stereocenters. The van der Waals surface area contributed by atoms with Gasteiger partial charge in [0.1, 0.15) is 5.76 Å². The molecule has 0 spiro atoms. The summed E-state index contributed by atoms with van der Waals surface area (Å²) in [4.78, 5) is 18.6. The molecule has 3 heterocycles. The molecule has 1 aromatic carbocycles. The summed E-state index contributed by atoms with van der Waals surface area (Å²) in [5, 5.41) is 8.52. The van der Waals surface area contributed by atoms with Crippen molar-refractivity contribution in [1.29, 1.82) is 0 Å². The molecule has 1 aliphatic rings. The van der Waals surface area contributed by atoms with Crippen molar-refractivity contribution in [1.82, 2.24) is 20.2 Å². The van der Waals surface area contributed by atoms with Crippen LogP contribution in [0.4, 0.5) is 0 Å². The van der Waals surface area contributed by atoms with Crippen molar-refractivity contribution >= 4 is 17.5 Å². The zero-order valence-electron chi connectivity index (χ0n) is 14.4. The van der Waals surface area contributed by atoms with Gasteiger partial charge < -0.3 is 13.9 Å². The van der Waals surface area contributed by atoms with E-state index >= 15 is 0 Å². The van der Waals surface area contributed by atoms with Crippen LogP contribution in [-0.2, 0) is 11.2 Å². The predicted molar refractivity (Wildman–Crippen MR) is 93.7 cm³/mol. The molecule has 2 aromatic heterocycles. The molecule has 26 heavy (non-hydrogen) atoms. The first-order chi connectivity index (χ1) is 12.5. The number of aromatic nitrogens is 3. The summed E-state index contributed by atoms with van der Waals surface area (Å²) in [5.41, 5.74) is 2.42. The fourth-order valence-electron chi connectivity index (χ4n) is 3.00. The number of amides is 1. The average molecular weight is 373 g/mol. The van der Waals surface area contributed by atoms with Gasteiger partial charge in [0, 0.05) is 29.2 Å². The molecule has 8 heteroatoms. The van der Waals surface area contributed by atoms with Gasteiger partial charge in [-0.25, -0.2) is 0 Å². The Hall–Kier alpha value is -2.67. The minimum Gasteiger partial charge on any atom is -0.361 e. The van der Waals surface area contributed by atoms with Gasteiger partial charge in [0.25, 0.3) is 0 Å². The molecule has 1 saturated heterocycles. The highest BCUT2D eigenvalue weighted by atomic mass is 35.5. The highest BCUT2D eigenvalue weighted by Gasteiger charge is 2.36. The Morgan fingerprint density at radius 2 is 2.08 bits per heavy atom. The van der Waals surface area contributed by atoms with Crippen molar-refractivity contribution in [2.75, 3.05) is 13.1 Å². The van der Waals surface area contributed by atoms with Crippen molar-refractivity contribution in [3.8, 4) is 11.4 Å². The number of likely N-dealkylation sites (tertiary alicyclic amines) is 1. The second-order valence-electron chi connectivity index (χ2n) is 6.44. The monoisotopic (exact) mass is 372 g/mol. The number of hydrogen-bond donors (Lipinski definition) is 0. The van der Waals surface area contributed by atoms with E-state index in [1.165, 1.54) is 0 Å². The van der Waals surface area contributed by atoms with Gasteiger partial charge in [-0.05, 0) is 26.0 Å². The van der Waals surface area contributed by atoms with Crippen molar-refractivity contribution in [3.05, 3.63) is 52.2 Å². The van der Waals surface area contributed by atoms with Crippen LogP contribution >= 0.6 is 11.6 Å². The lowest BCUT2D eigenvalue weighted by Crippen LogP contribution is -2.49. The number of carbonyl (C=O) groups is 1. The first-order valence-corrected chi connectivity index (χ1v) is 8.68. The van der Waals surface area contributed by atoms with Crippen LogP contribution in [0.3, 0.4) is 0 Å². The lowest BCUT2D eigenvalue weighted by atomic mass is 9.98. The molecule has 134 valence electrons. The minimum absolute atomic E-state index is 0.0465. The summed E-state index contributed by atoms with van der Waals surface area (Å²) < 4.78 is 10.5. The third-order valence-electron chi connectivity index (χ3n) is 4.62. The van der Waals surface area contributed by atoms with Gasteiger partial charge >= 0.3 is 0 Å². The summed E-state index contributed by atoms with van der Waals surface area (Å²) in [6.07, 6.45) is 0.297. The quantitative estimate of drug-likeness (QED) is 0.699. The van der Waals surface area contributed by atoms with Gasteiger partial charge in [0.15, 0.2) is 0 Å². The number of hydrogen-bond acceptors (Lipinski definition) is 6. The Bertz CT molecular complexity index is 940. The predicted octanol–water partition coefficient (Wildman–Crippen LogP) is 3.16. The van der Waals surface area contributed by atoms with Crippen LogP contribution in [0.5, 0.6) is 0 Å². The highest BCUT2D eigenvalue weighted by Crippen LogP contribution is 2.29. The molecule has 3 aromatic rings. The van der Waals surface area contributed by atoms with Crippen molar-refractivity contribution < 1.29 is 13.8 Å². The number of aryl methyl sites for hydroxylation is 2. The Labute approximate surface area is 154 Å². The summed E-state index contributed by atoms with van der Waals surface area (Å²) in [6, 6.07) is 7.30. The molecule has 0 atom stereocenters. The highest BCUT2D eigenvalue weighted by molar-refractivity contribution is 6.30. The molecule has 4 rings (SSSR count). The maximum absolute atomic E-state index is 12.4. The molecule has 1 amide bonds. The Morgan fingerprint density at radius 1 is 1.27 bits per heavy atom. The van der Waals surface area contributed by atoms with Crippen molar-refractivity contribution in [3.63, 3.8) is 0 Å². The number of nitrogens with zero attached hydrogens (tertiary/aromatic N) is 4. The van der Waals surface area contributed by atoms with Crippen LogP contribution in [0.15, 0.2) is 33.3 Å². The lowest BCUT2D eigenvalue weighted by Gasteiger charge is -2.37. The van der Waals surface area contributed by atoms with Crippen molar-refractivity contribution in [2.45, 2.75) is 26.2 Å². The topological polar surface area (TPSA) is 85.3 Å². The van der Waals surface area contributed by atoms with E-state index < -0.39 is 0 Å². The fraction of sp³-hybridized carbons (Fsp3) is 0.333. The molecule has 0 bridgehead atoms. The molecule has 0 radical (unpaired) electrons. The Balaban J connectivity index is 1.38. The van der Waals surface area contributed by atoms with Crippen LogP contribution in [0.25, 0.3) is 11.4 Å². The first kappa shape index (κ1) is 16.8. The van der Waals surface area contributed by atoms with Gasteiger partial charge in [-0.2, -0.15) is 4.98 Å². The third kappa shape index (κ3) is 3.10. The maximum Gasteiger partial charge on any atom is 0.233 e. The number of benzene rings is 1. The zero-order chi connectivity index (χ0) is 18.3. The van der Waals surface area contributed by atoms with E-state index in [4.69, 9.17) is 20.6 Å².